The van der Waals surface area contributed by atoms with Crippen molar-refractivity contribution in [3.8, 4) is 11.6 Å². The molecule has 0 spiro atoms. The van der Waals surface area contributed by atoms with Crippen molar-refractivity contribution >= 4 is 27.9 Å². The average molecular weight is 584 g/mol. The van der Waals surface area contributed by atoms with Crippen molar-refractivity contribution in [1.29, 1.82) is 0 Å². The summed E-state index contributed by atoms with van der Waals surface area (Å²) in [5.74, 6) is 0.629. The number of nitrogens with zero attached hydrogens (tertiary/aromatic N) is 3. The lowest BCUT2D eigenvalue weighted by atomic mass is 9.93. The molecule has 1 aliphatic carbocycles. The van der Waals surface area contributed by atoms with Crippen LogP contribution in [0.1, 0.15) is 31.2 Å². The van der Waals surface area contributed by atoms with Crippen LogP contribution in [0, 0.1) is 0 Å². The number of methoxy groups -OCH3 is 1. The monoisotopic (exact) mass is 583 g/mol. The van der Waals surface area contributed by atoms with Gasteiger partial charge in [-0.05, 0) is 37.8 Å². The number of rotatable bonds is 8. The first-order valence-corrected chi connectivity index (χ1v) is 14.2. The molecule has 0 bridgehead atoms. The van der Waals surface area contributed by atoms with Crippen LogP contribution in [0.2, 0.25) is 0 Å². The summed E-state index contributed by atoms with van der Waals surface area (Å²) in [6, 6.07) is 0.660. The third-order valence-corrected chi connectivity index (χ3v) is 7.54. The number of urea groups is 1. The van der Waals surface area contributed by atoms with Gasteiger partial charge in [0.05, 0.1) is 32.6 Å². The smallest absolute Gasteiger partial charge is 0.319 e. The average Bonchev–Trinajstić information content (AvgIpc) is 2.88. The van der Waals surface area contributed by atoms with Gasteiger partial charge >= 0.3 is 16.3 Å². The van der Waals surface area contributed by atoms with E-state index in [1.807, 2.05) is 4.90 Å². The van der Waals surface area contributed by atoms with E-state index in [2.05, 4.69) is 20.6 Å². The van der Waals surface area contributed by atoms with Crippen LogP contribution in [0.25, 0.3) is 0 Å². The topological polar surface area (TPSA) is 118 Å². The number of aliphatic hydroxyl groups excluding tert-OH is 1. The second-order valence-electron chi connectivity index (χ2n) is 9.27. The first-order valence-electron chi connectivity index (χ1n) is 12.2. The quantitative estimate of drug-likeness (QED) is 0.373. The number of aliphatic hydroxyl groups is 1. The lowest BCUT2D eigenvalue weighted by molar-refractivity contribution is 0.121. The predicted molar refractivity (Wildman–Crippen MR) is 134 cm³/mol. The summed E-state index contributed by atoms with van der Waals surface area (Å²) in [5.41, 5.74) is -1.18. The summed E-state index contributed by atoms with van der Waals surface area (Å²) in [6.45, 7) is 1.54. The van der Waals surface area contributed by atoms with E-state index in [0.717, 1.165) is 7.11 Å². The molecule has 3 N–H and O–H groups in total. The van der Waals surface area contributed by atoms with Crippen molar-refractivity contribution in [1.82, 2.24) is 15.3 Å². The van der Waals surface area contributed by atoms with Gasteiger partial charge in [-0.1, -0.05) is 19.4 Å². The number of amides is 2. The maximum Gasteiger partial charge on any atom is 0.319 e. The summed E-state index contributed by atoms with van der Waals surface area (Å²) in [6.07, 6.45) is 3.60. The maximum absolute atomic E-state index is 13.4. The van der Waals surface area contributed by atoms with Crippen LogP contribution in [0.4, 0.5) is 35.9 Å². The van der Waals surface area contributed by atoms with Gasteiger partial charge < -0.3 is 34.9 Å². The number of benzene rings is 1. The molecule has 39 heavy (non-hydrogen) atoms. The van der Waals surface area contributed by atoms with Crippen LogP contribution < -0.4 is 25.0 Å². The Labute approximate surface area is 221 Å². The van der Waals surface area contributed by atoms with Gasteiger partial charge in [-0.3, -0.25) is 0 Å². The summed E-state index contributed by atoms with van der Waals surface area (Å²) in [7, 11) is -9.00. The number of hydrogen-bond acceptors (Lipinski definition) is 8. The molecule has 2 fully saturated rings. The Morgan fingerprint density at radius 1 is 1.15 bits per heavy atom. The summed E-state index contributed by atoms with van der Waals surface area (Å²) >= 11 is 0. The van der Waals surface area contributed by atoms with Gasteiger partial charge in [0, 0.05) is 37.0 Å². The van der Waals surface area contributed by atoms with Crippen molar-refractivity contribution in [2.75, 3.05) is 43.6 Å². The largest absolute Gasteiger partial charge is 0.494 e. The molecular weight excluding hydrogens is 553 g/mol. The Morgan fingerprint density at radius 3 is 2.46 bits per heavy atom. The van der Waals surface area contributed by atoms with Crippen LogP contribution in [-0.2, 0) is 11.3 Å². The molecule has 16 heteroatoms. The third kappa shape index (κ3) is 7.51. The van der Waals surface area contributed by atoms with Crippen LogP contribution in [-0.4, -0.2) is 66.7 Å². The number of nitrogens with one attached hydrogen (secondary N) is 2. The van der Waals surface area contributed by atoms with Crippen LogP contribution in [0.5, 0.6) is 11.6 Å². The van der Waals surface area contributed by atoms with Gasteiger partial charge in [-0.25, -0.2) is 9.78 Å². The second kappa shape index (κ2) is 10.5. The summed E-state index contributed by atoms with van der Waals surface area (Å²) in [4.78, 5) is 21.1. The number of ether oxygens (including phenoxy) is 3. The van der Waals surface area contributed by atoms with E-state index in [0.29, 0.717) is 63.8 Å². The molecule has 4 rings (SSSR count). The van der Waals surface area contributed by atoms with Gasteiger partial charge in [0.15, 0.2) is 0 Å². The van der Waals surface area contributed by atoms with Crippen molar-refractivity contribution < 1.29 is 43.5 Å². The number of anilines is 2. The van der Waals surface area contributed by atoms with Crippen LogP contribution in [0.3, 0.4) is 0 Å². The molecule has 1 aliphatic heterocycles. The number of aromatic nitrogens is 2. The molecule has 0 atom stereocenters. The van der Waals surface area contributed by atoms with E-state index >= 15 is 0 Å². The van der Waals surface area contributed by atoms with E-state index < -0.39 is 39.0 Å². The number of morpholine rings is 1. The third-order valence-electron chi connectivity index (χ3n) is 6.42. The Bertz CT molecular complexity index is 1190. The molecule has 2 aromatic rings. The fourth-order valence-electron chi connectivity index (χ4n) is 4.49. The standard InChI is InChI=1S/C23H30F5N5O5S/c1-36-21-15(14-34)12-18(39(24,25,26,27)28)13-19(21)31-23(35)30-16-2-4-17(5-3-16)38-20-6-7-29-22(32-20)33-8-10-37-11-9-33/h6-7,12-13,16-17,34H,2-5,8-11,14H2,1H3,(H2,30,31,35). The Balaban J connectivity index is 1.35. The lowest BCUT2D eigenvalue weighted by Gasteiger charge is -2.41. The second-order valence-corrected chi connectivity index (χ2v) is 11.7. The van der Waals surface area contributed by atoms with E-state index in [9.17, 15) is 29.3 Å². The van der Waals surface area contributed by atoms with E-state index in [1.165, 1.54) is 0 Å². The molecular formula is C23H30F5N5O5S. The van der Waals surface area contributed by atoms with Gasteiger partial charge in [-0.15, -0.1) is 0 Å². The predicted octanol–water partition coefficient (Wildman–Crippen LogP) is 4.98. The molecule has 1 saturated heterocycles. The number of carbonyl (C=O) groups is 1. The highest BCUT2D eigenvalue weighted by Crippen LogP contribution is 3.02. The van der Waals surface area contributed by atoms with Crippen molar-refractivity contribution in [2.24, 2.45) is 0 Å². The molecule has 2 amide bonds. The fourth-order valence-corrected chi connectivity index (χ4v) is 5.19. The molecule has 218 valence electrons. The molecule has 2 heterocycles. The fraction of sp³-hybridized carbons (Fsp3) is 0.522. The Morgan fingerprint density at radius 2 is 1.85 bits per heavy atom. The zero-order valence-corrected chi connectivity index (χ0v) is 21.9. The molecule has 0 unspecified atom stereocenters. The maximum atomic E-state index is 13.4. The summed E-state index contributed by atoms with van der Waals surface area (Å²) < 4.78 is 83.4. The normalized spacial score (nSPS) is 21.9. The number of halogens is 5. The van der Waals surface area contributed by atoms with Gasteiger partial charge in [-0.2, -0.15) is 4.98 Å². The minimum Gasteiger partial charge on any atom is -0.494 e. The Kier molecular flexibility index (Phi) is 7.75. The van der Waals surface area contributed by atoms with E-state index in [1.54, 1.807) is 12.3 Å². The highest BCUT2D eigenvalue weighted by Gasteiger charge is 2.65. The number of carbonyl (C=O) groups excluding carboxylic acids is 1. The lowest BCUT2D eigenvalue weighted by Crippen LogP contribution is -2.42. The van der Waals surface area contributed by atoms with Crippen molar-refractivity contribution in [3.05, 3.63) is 30.0 Å². The molecule has 10 nitrogen and oxygen atoms in total. The van der Waals surface area contributed by atoms with Gasteiger partial charge in [0.2, 0.25) is 11.8 Å². The summed E-state index contributed by atoms with van der Waals surface area (Å²) in [5, 5.41) is 14.2. The highest BCUT2D eigenvalue weighted by atomic mass is 32.5. The molecule has 2 aliphatic rings. The number of hydrogen-bond donors (Lipinski definition) is 3. The van der Waals surface area contributed by atoms with Crippen molar-refractivity contribution in [3.63, 3.8) is 0 Å². The van der Waals surface area contributed by atoms with E-state index in [-0.39, 0.29) is 30.0 Å². The zero-order chi connectivity index (χ0) is 28.3. The molecule has 1 aromatic heterocycles. The highest BCUT2D eigenvalue weighted by molar-refractivity contribution is 8.45. The minimum atomic E-state index is -10.1. The van der Waals surface area contributed by atoms with Crippen LogP contribution in [0.15, 0.2) is 29.3 Å². The van der Waals surface area contributed by atoms with Gasteiger partial charge in [0.25, 0.3) is 0 Å². The molecule has 0 radical (unpaired) electrons. The first-order chi connectivity index (χ1) is 18.2. The molecule has 1 aromatic carbocycles. The zero-order valence-electron chi connectivity index (χ0n) is 21.0. The SMILES string of the molecule is COc1c(CO)cc(S(F)(F)(F)(F)F)cc1NC(=O)NC1CCC(Oc2ccnc(N3CCOCC3)n2)CC1. The first kappa shape index (κ1) is 28.9. The minimum absolute atomic E-state index is 0.108. The van der Waals surface area contributed by atoms with E-state index in [4.69, 9.17) is 14.2 Å². The molecule has 1 saturated carbocycles. The Hall–Kier alpha value is -3.11. The van der Waals surface area contributed by atoms with Gasteiger partial charge in [0.1, 0.15) is 16.7 Å². The van der Waals surface area contributed by atoms with Crippen molar-refractivity contribution in [2.45, 2.75) is 49.3 Å². The van der Waals surface area contributed by atoms with Crippen LogP contribution >= 0.6 is 10.2 Å².